The van der Waals surface area contributed by atoms with Crippen LogP contribution in [-0.4, -0.2) is 29.6 Å². The summed E-state index contributed by atoms with van der Waals surface area (Å²) in [7, 11) is 0. The molecule has 3 rings (SSSR count). The molecule has 3 nitrogen and oxygen atoms in total. The molecular formula is C18H26N2O. The van der Waals surface area contributed by atoms with Gasteiger partial charge in [0.1, 0.15) is 0 Å². The van der Waals surface area contributed by atoms with Crippen LogP contribution in [0.15, 0.2) is 30.3 Å². The van der Waals surface area contributed by atoms with E-state index in [9.17, 15) is 4.79 Å². The highest BCUT2D eigenvalue weighted by molar-refractivity contribution is 5.84. The molecule has 21 heavy (non-hydrogen) atoms. The summed E-state index contributed by atoms with van der Waals surface area (Å²) in [5.41, 5.74) is 1.23. The Morgan fingerprint density at radius 3 is 2.67 bits per heavy atom. The molecule has 2 fully saturated rings. The number of nitrogens with zero attached hydrogens (tertiary/aromatic N) is 1. The molecule has 1 saturated carbocycles. The number of hydrogen-bond acceptors (Lipinski definition) is 2. The van der Waals surface area contributed by atoms with Crippen molar-refractivity contribution < 1.29 is 4.79 Å². The SMILES string of the molecule is CCC1CCC(N2CNC(Cc3ccccc3)C2=O)C1C. The number of rotatable bonds is 4. The highest BCUT2D eigenvalue weighted by Gasteiger charge is 2.42. The molecule has 4 unspecified atom stereocenters. The van der Waals surface area contributed by atoms with Crippen LogP contribution in [0, 0.1) is 11.8 Å². The third-order valence-electron chi connectivity index (χ3n) is 5.48. The van der Waals surface area contributed by atoms with Gasteiger partial charge in [0, 0.05) is 6.04 Å². The van der Waals surface area contributed by atoms with Crippen molar-refractivity contribution in [1.82, 2.24) is 10.2 Å². The number of nitrogens with one attached hydrogen (secondary N) is 1. The lowest BCUT2D eigenvalue weighted by atomic mass is 9.93. The maximum absolute atomic E-state index is 12.7. The molecule has 1 aromatic rings. The van der Waals surface area contributed by atoms with Gasteiger partial charge in [-0.05, 0) is 36.7 Å². The second kappa shape index (κ2) is 6.18. The molecule has 1 N–H and O–H groups in total. The molecule has 0 spiro atoms. The van der Waals surface area contributed by atoms with Crippen molar-refractivity contribution in [2.45, 2.75) is 51.6 Å². The molecule has 1 aliphatic heterocycles. The van der Waals surface area contributed by atoms with Crippen molar-refractivity contribution in [1.29, 1.82) is 0 Å². The average molecular weight is 286 g/mol. The van der Waals surface area contributed by atoms with Crippen LogP contribution in [0.1, 0.15) is 38.7 Å². The van der Waals surface area contributed by atoms with E-state index in [1.54, 1.807) is 0 Å². The van der Waals surface area contributed by atoms with Gasteiger partial charge in [0.25, 0.3) is 0 Å². The molecule has 1 aliphatic carbocycles. The Morgan fingerprint density at radius 2 is 2.00 bits per heavy atom. The van der Waals surface area contributed by atoms with Crippen LogP contribution in [0.4, 0.5) is 0 Å². The Bertz CT molecular complexity index is 487. The standard InChI is InChI=1S/C18H26N2O/c1-3-15-9-10-17(13(15)2)20-12-19-16(18(20)21)11-14-7-5-4-6-8-14/h4-8,13,15-17,19H,3,9-12H2,1-2H3. The molecule has 0 bridgehead atoms. The normalized spacial score (nSPS) is 32.9. The van der Waals surface area contributed by atoms with Gasteiger partial charge in [0.15, 0.2) is 0 Å². The lowest BCUT2D eigenvalue weighted by Crippen LogP contribution is -2.41. The van der Waals surface area contributed by atoms with Gasteiger partial charge in [-0.15, -0.1) is 0 Å². The zero-order chi connectivity index (χ0) is 14.8. The summed E-state index contributed by atoms with van der Waals surface area (Å²) in [6.45, 7) is 5.32. The average Bonchev–Trinajstić information content (AvgIpc) is 3.04. The molecule has 4 atom stereocenters. The zero-order valence-electron chi connectivity index (χ0n) is 13.1. The maximum atomic E-state index is 12.7. The Hall–Kier alpha value is -1.35. The van der Waals surface area contributed by atoms with Crippen LogP contribution in [0.2, 0.25) is 0 Å². The number of hydrogen-bond donors (Lipinski definition) is 1. The monoisotopic (exact) mass is 286 g/mol. The Balaban J connectivity index is 1.64. The van der Waals surface area contributed by atoms with E-state index in [0.29, 0.717) is 17.9 Å². The lowest BCUT2D eigenvalue weighted by molar-refractivity contribution is -0.131. The van der Waals surface area contributed by atoms with Gasteiger partial charge in [-0.1, -0.05) is 50.6 Å². The minimum absolute atomic E-state index is 0.0414. The first kappa shape index (κ1) is 14.6. The summed E-state index contributed by atoms with van der Waals surface area (Å²) >= 11 is 0. The fourth-order valence-corrected chi connectivity index (χ4v) is 4.10. The summed E-state index contributed by atoms with van der Waals surface area (Å²) in [4.78, 5) is 14.8. The van der Waals surface area contributed by atoms with Gasteiger partial charge in [0.2, 0.25) is 5.91 Å². The number of benzene rings is 1. The lowest BCUT2D eigenvalue weighted by Gasteiger charge is -2.29. The summed E-state index contributed by atoms with van der Waals surface area (Å²) in [6.07, 6.45) is 4.48. The van der Waals surface area contributed by atoms with Crippen molar-refractivity contribution in [3.05, 3.63) is 35.9 Å². The van der Waals surface area contributed by atoms with Crippen molar-refractivity contribution >= 4 is 5.91 Å². The molecular weight excluding hydrogens is 260 g/mol. The van der Waals surface area contributed by atoms with Crippen molar-refractivity contribution in [3.63, 3.8) is 0 Å². The topological polar surface area (TPSA) is 32.3 Å². The Morgan fingerprint density at radius 1 is 1.24 bits per heavy atom. The van der Waals surface area contributed by atoms with Crippen LogP contribution in [-0.2, 0) is 11.2 Å². The first-order valence-corrected chi connectivity index (χ1v) is 8.28. The summed E-state index contributed by atoms with van der Waals surface area (Å²) < 4.78 is 0. The zero-order valence-corrected chi connectivity index (χ0v) is 13.1. The first-order chi connectivity index (χ1) is 10.2. The molecule has 2 aliphatic rings. The van der Waals surface area contributed by atoms with Crippen LogP contribution >= 0.6 is 0 Å². The molecule has 0 aromatic heterocycles. The molecule has 1 aromatic carbocycles. The van der Waals surface area contributed by atoms with Crippen molar-refractivity contribution in [2.75, 3.05) is 6.67 Å². The number of amides is 1. The van der Waals surface area contributed by atoms with Crippen LogP contribution in [0.3, 0.4) is 0 Å². The summed E-state index contributed by atoms with van der Waals surface area (Å²) in [5, 5.41) is 3.41. The maximum Gasteiger partial charge on any atom is 0.241 e. The van der Waals surface area contributed by atoms with E-state index in [-0.39, 0.29) is 6.04 Å². The smallest absolute Gasteiger partial charge is 0.241 e. The minimum Gasteiger partial charge on any atom is -0.325 e. The van der Waals surface area contributed by atoms with Gasteiger partial charge >= 0.3 is 0 Å². The fraction of sp³-hybridized carbons (Fsp3) is 0.611. The van der Waals surface area contributed by atoms with Gasteiger partial charge in [-0.2, -0.15) is 0 Å². The third-order valence-corrected chi connectivity index (χ3v) is 5.48. The second-order valence-electron chi connectivity index (χ2n) is 6.58. The summed E-state index contributed by atoms with van der Waals surface area (Å²) in [6, 6.07) is 10.7. The fourth-order valence-electron chi connectivity index (χ4n) is 4.10. The number of carbonyl (C=O) groups excluding carboxylic acids is 1. The second-order valence-corrected chi connectivity index (χ2v) is 6.58. The van der Waals surface area contributed by atoms with E-state index in [1.807, 2.05) is 18.2 Å². The van der Waals surface area contributed by atoms with Gasteiger partial charge < -0.3 is 4.90 Å². The minimum atomic E-state index is -0.0414. The highest BCUT2D eigenvalue weighted by atomic mass is 16.2. The largest absolute Gasteiger partial charge is 0.325 e. The predicted molar refractivity (Wildman–Crippen MR) is 84.7 cm³/mol. The number of carbonyl (C=O) groups is 1. The highest BCUT2D eigenvalue weighted by Crippen LogP contribution is 2.37. The molecule has 1 heterocycles. The van der Waals surface area contributed by atoms with E-state index < -0.39 is 0 Å². The summed E-state index contributed by atoms with van der Waals surface area (Å²) in [5.74, 6) is 1.72. The van der Waals surface area contributed by atoms with E-state index in [4.69, 9.17) is 0 Å². The van der Waals surface area contributed by atoms with Crippen LogP contribution < -0.4 is 5.32 Å². The van der Waals surface area contributed by atoms with Crippen LogP contribution in [0.5, 0.6) is 0 Å². The third kappa shape index (κ3) is 2.84. The molecule has 3 heteroatoms. The van der Waals surface area contributed by atoms with Crippen LogP contribution in [0.25, 0.3) is 0 Å². The molecule has 1 amide bonds. The van der Waals surface area contributed by atoms with E-state index >= 15 is 0 Å². The van der Waals surface area contributed by atoms with Gasteiger partial charge in [0.05, 0.1) is 12.7 Å². The predicted octanol–water partition coefficient (Wildman–Crippen LogP) is 2.81. The van der Waals surface area contributed by atoms with E-state index in [0.717, 1.165) is 19.0 Å². The Labute approximate surface area is 127 Å². The van der Waals surface area contributed by atoms with Gasteiger partial charge in [-0.3, -0.25) is 10.1 Å². The van der Waals surface area contributed by atoms with Crippen molar-refractivity contribution in [2.24, 2.45) is 11.8 Å². The quantitative estimate of drug-likeness (QED) is 0.923. The van der Waals surface area contributed by atoms with Crippen molar-refractivity contribution in [3.8, 4) is 0 Å². The van der Waals surface area contributed by atoms with E-state index in [2.05, 4.69) is 36.2 Å². The van der Waals surface area contributed by atoms with E-state index in [1.165, 1.54) is 24.8 Å². The first-order valence-electron chi connectivity index (χ1n) is 8.28. The molecule has 114 valence electrons. The molecule has 0 radical (unpaired) electrons. The Kier molecular flexibility index (Phi) is 4.29. The molecule has 1 saturated heterocycles. The van der Waals surface area contributed by atoms with Gasteiger partial charge in [-0.25, -0.2) is 0 Å².